The molecule has 0 heterocycles. The Morgan fingerprint density at radius 3 is 1.44 bits per heavy atom. The average molecular weight is 593 g/mol. The van der Waals surface area contributed by atoms with Crippen LogP contribution in [0.5, 0.6) is 17.2 Å². The number of phenolic OH excluding ortho intramolecular Hbond substituents is 1. The first-order valence-corrected chi connectivity index (χ1v) is 17.0. The van der Waals surface area contributed by atoms with E-state index < -0.39 is 0 Å². The van der Waals surface area contributed by atoms with Crippen molar-refractivity contribution in [2.45, 2.75) is 142 Å². The summed E-state index contributed by atoms with van der Waals surface area (Å²) in [6.45, 7) is 4.47. The van der Waals surface area contributed by atoms with E-state index in [-0.39, 0.29) is 17.7 Å². The van der Waals surface area contributed by atoms with Gasteiger partial charge in [0.05, 0.1) is 0 Å². The molecule has 0 unspecified atom stereocenters. The summed E-state index contributed by atoms with van der Waals surface area (Å²) in [5.41, 5.74) is 1.65. The van der Waals surface area contributed by atoms with Crippen LogP contribution < -0.4 is 9.47 Å². The number of carbonyl (C=O) groups is 2. The Bertz CT molecular complexity index is 1060. The van der Waals surface area contributed by atoms with Crippen molar-refractivity contribution in [3.63, 3.8) is 0 Å². The molecule has 238 valence electrons. The maximum absolute atomic E-state index is 12.3. The molecule has 0 spiro atoms. The number of hydrogen-bond donors (Lipinski definition) is 1. The highest BCUT2D eigenvalue weighted by molar-refractivity contribution is 5.75. The Hall–Kier alpha value is -3.08. The maximum atomic E-state index is 12.3. The molecular weight excluding hydrogens is 536 g/mol. The summed E-state index contributed by atoms with van der Waals surface area (Å²) < 4.78 is 11.0. The number of benzene rings is 2. The monoisotopic (exact) mass is 592 g/mol. The van der Waals surface area contributed by atoms with Crippen LogP contribution in [0.15, 0.2) is 42.5 Å². The molecule has 5 heteroatoms. The minimum atomic E-state index is -0.272. The summed E-state index contributed by atoms with van der Waals surface area (Å²) in [5, 5.41) is 10.1. The number of unbranched alkanes of at least 4 members (excludes halogenated alkanes) is 16. The van der Waals surface area contributed by atoms with Gasteiger partial charge in [-0.1, -0.05) is 141 Å². The second kappa shape index (κ2) is 23.4. The zero-order valence-electron chi connectivity index (χ0n) is 26.9. The first-order valence-electron chi connectivity index (χ1n) is 17.0. The van der Waals surface area contributed by atoms with Gasteiger partial charge in [0.25, 0.3) is 0 Å². The molecular formula is C38H56O5. The number of phenols is 1. The lowest BCUT2D eigenvalue weighted by molar-refractivity contribution is -0.135. The third-order valence-corrected chi connectivity index (χ3v) is 7.69. The van der Waals surface area contributed by atoms with Gasteiger partial charge in [-0.2, -0.15) is 0 Å². The van der Waals surface area contributed by atoms with Crippen molar-refractivity contribution >= 4 is 24.1 Å². The van der Waals surface area contributed by atoms with E-state index in [1.165, 1.54) is 89.5 Å². The molecule has 0 atom stereocenters. The summed E-state index contributed by atoms with van der Waals surface area (Å²) in [7, 11) is 0. The first-order chi connectivity index (χ1) is 21.0. The summed E-state index contributed by atoms with van der Waals surface area (Å²) in [6, 6.07) is 12.2. The van der Waals surface area contributed by atoms with Crippen LogP contribution in [-0.2, 0) is 9.59 Å². The van der Waals surface area contributed by atoms with Crippen molar-refractivity contribution in [3.05, 3.63) is 53.6 Å². The second-order valence-corrected chi connectivity index (χ2v) is 11.8. The van der Waals surface area contributed by atoms with Crippen LogP contribution in [-0.4, -0.2) is 17.0 Å². The van der Waals surface area contributed by atoms with E-state index in [2.05, 4.69) is 13.8 Å². The lowest BCUT2D eigenvalue weighted by Gasteiger charge is -2.07. The molecule has 0 aliphatic rings. The highest BCUT2D eigenvalue weighted by Crippen LogP contribution is 2.24. The van der Waals surface area contributed by atoms with Crippen molar-refractivity contribution < 1.29 is 24.2 Å². The molecule has 0 aromatic heterocycles. The Kier molecular flexibility index (Phi) is 19.6. The molecule has 0 bridgehead atoms. The molecule has 1 N–H and O–H groups in total. The topological polar surface area (TPSA) is 72.8 Å². The Morgan fingerprint density at radius 2 is 0.953 bits per heavy atom. The molecule has 0 radical (unpaired) electrons. The smallest absolute Gasteiger partial charge is 0.311 e. The van der Waals surface area contributed by atoms with E-state index in [1.54, 1.807) is 24.3 Å². The number of aromatic hydroxyl groups is 1. The van der Waals surface area contributed by atoms with E-state index in [9.17, 15) is 14.7 Å². The van der Waals surface area contributed by atoms with E-state index in [0.29, 0.717) is 24.3 Å². The number of carbonyl (C=O) groups excluding carboxylic acids is 2. The van der Waals surface area contributed by atoms with Crippen LogP contribution in [0.4, 0.5) is 0 Å². The molecule has 0 aliphatic carbocycles. The van der Waals surface area contributed by atoms with Crippen molar-refractivity contribution in [1.29, 1.82) is 0 Å². The molecule has 43 heavy (non-hydrogen) atoms. The normalized spacial score (nSPS) is 11.2. The minimum Gasteiger partial charge on any atom is -0.508 e. The molecule has 5 nitrogen and oxygen atoms in total. The zero-order chi connectivity index (χ0) is 31.0. The van der Waals surface area contributed by atoms with E-state index in [0.717, 1.165) is 43.2 Å². The Labute approximate surface area is 261 Å². The van der Waals surface area contributed by atoms with Gasteiger partial charge in [0.2, 0.25) is 0 Å². The van der Waals surface area contributed by atoms with Crippen LogP contribution in [0.25, 0.3) is 12.2 Å². The predicted molar refractivity (Wildman–Crippen MR) is 178 cm³/mol. The van der Waals surface area contributed by atoms with Crippen molar-refractivity contribution in [2.75, 3.05) is 0 Å². The van der Waals surface area contributed by atoms with Gasteiger partial charge in [-0.3, -0.25) is 9.59 Å². The fraction of sp³-hybridized carbons (Fsp3) is 0.579. The van der Waals surface area contributed by atoms with Crippen molar-refractivity contribution in [1.82, 2.24) is 0 Å². The maximum Gasteiger partial charge on any atom is 0.311 e. The highest BCUT2D eigenvalue weighted by atomic mass is 16.5. The van der Waals surface area contributed by atoms with Gasteiger partial charge in [0, 0.05) is 18.9 Å². The van der Waals surface area contributed by atoms with Gasteiger partial charge in [-0.25, -0.2) is 0 Å². The van der Waals surface area contributed by atoms with Crippen LogP contribution in [0, 0.1) is 0 Å². The number of rotatable bonds is 24. The van der Waals surface area contributed by atoms with Gasteiger partial charge in [-0.15, -0.1) is 0 Å². The first kappa shape index (κ1) is 36.1. The molecule has 2 aromatic rings. The van der Waals surface area contributed by atoms with Gasteiger partial charge < -0.3 is 14.6 Å². The SMILES string of the molecule is CCCCCCCCCCCC(=O)Oc1ccc(/C=C/c2cc(O)cc(OC(=O)CCCCCCCCCCC)c2)cc1. The van der Waals surface area contributed by atoms with Crippen LogP contribution >= 0.6 is 0 Å². The molecule has 0 aliphatic heterocycles. The molecule has 0 fully saturated rings. The third-order valence-electron chi connectivity index (χ3n) is 7.69. The lowest BCUT2D eigenvalue weighted by Crippen LogP contribution is -2.07. The van der Waals surface area contributed by atoms with Gasteiger partial charge >= 0.3 is 11.9 Å². The largest absolute Gasteiger partial charge is 0.508 e. The van der Waals surface area contributed by atoms with Gasteiger partial charge in [0.1, 0.15) is 17.2 Å². The highest BCUT2D eigenvalue weighted by Gasteiger charge is 2.08. The van der Waals surface area contributed by atoms with Crippen LogP contribution in [0.1, 0.15) is 153 Å². The number of hydrogen-bond acceptors (Lipinski definition) is 5. The molecule has 2 aromatic carbocycles. The molecule has 0 saturated carbocycles. The van der Waals surface area contributed by atoms with E-state index in [4.69, 9.17) is 9.47 Å². The predicted octanol–water partition coefficient (Wildman–Crippen LogP) is 11.2. The fourth-order valence-corrected chi connectivity index (χ4v) is 5.13. The summed E-state index contributed by atoms with van der Waals surface area (Å²) in [6.07, 6.45) is 26.3. The van der Waals surface area contributed by atoms with Gasteiger partial charge in [0.15, 0.2) is 0 Å². The average Bonchev–Trinajstić information content (AvgIpc) is 2.99. The third kappa shape index (κ3) is 18.2. The lowest BCUT2D eigenvalue weighted by atomic mass is 10.1. The molecule has 2 rings (SSSR count). The minimum absolute atomic E-state index is 0.0438. The quantitative estimate of drug-likeness (QED) is 0.0568. The Balaban J connectivity index is 1.68. The van der Waals surface area contributed by atoms with E-state index >= 15 is 0 Å². The van der Waals surface area contributed by atoms with E-state index in [1.807, 2.05) is 24.3 Å². The van der Waals surface area contributed by atoms with Gasteiger partial charge in [-0.05, 0) is 48.2 Å². The zero-order valence-corrected chi connectivity index (χ0v) is 26.9. The summed E-state index contributed by atoms with van der Waals surface area (Å²) >= 11 is 0. The molecule has 0 saturated heterocycles. The Morgan fingerprint density at radius 1 is 0.535 bits per heavy atom. The number of esters is 2. The van der Waals surface area contributed by atoms with Crippen LogP contribution in [0.3, 0.4) is 0 Å². The van der Waals surface area contributed by atoms with Crippen molar-refractivity contribution in [3.8, 4) is 17.2 Å². The van der Waals surface area contributed by atoms with Crippen molar-refractivity contribution in [2.24, 2.45) is 0 Å². The summed E-state index contributed by atoms with van der Waals surface area (Å²) in [5.74, 6) is 0.464. The summed E-state index contributed by atoms with van der Waals surface area (Å²) in [4.78, 5) is 24.5. The fourth-order valence-electron chi connectivity index (χ4n) is 5.13. The second-order valence-electron chi connectivity index (χ2n) is 11.8. The standard InChI is InChI=1S/C38H56O5/c1-3-5-7-9-11-13-15-17-19-21-37(40)42-35-27-25-32(26-28-35)23-24-33-29-34(39)31-36(30-33)43-38(41)22-20-18-16-14-12-10-8-6-4-2/h23-31,39H,3-22H2,1-2H3/b24-23+. The number of ether oxygens (including phenoxy) is 2. The molecule has 0 amide bonds. The van der Waals surface area contributed by atoms with Crippen LogP contribution in [0.2, 0.25) is 0 Å².